The van der Waals surface area contributed by atoms with Gasteiger partial charge in [0.05, 0.1) is 6.61 Å². The number of anilines is 1. The van der Waals surface area contributed by atoms with E-state index in [2.05, 4.69) is 41.7 Å². The summed E-state index contributed by atoms with van der Waals surface area (Å²) in [4.78, 5) is 9.04. The van der Waals surface area contributed by atoms with Crippen molar-refractivity contribution in [3.05, 3.63) is 23.5 Å². The summed E-state index contributed by atoms with van der Waals surface area (Å²) >= 11 is 0. The van der Waals surface area contributed by atoms with E-state index in [4.69, 9.17) is 0 Å². The number of piperazine rings is 1. The molecule has 2 atom stereocenters. The first kappa shape index (κ1) is 13.3. The molecule has 0 radical (unpaired) electrons. The Labute approximate surface area is 109 Å². The molecule has 2 unspecified atom stereocenters. The molecule has 2 rings (SSSR count). The molecule has 1 aromatic rings. The van der Waals surface area contributed by atoms with Gasteiger partial charge >= 0.3 is 0 Å². The third-order valence-corrected chi connectivity index (χ3v) is 3.97. The van der Waals surface area contributed by atoms with Gasteiger partial charge in [-0.1, -0.05) is 0 Å². The predicted octanol–water partition coefficient (Wildman–Crippen LogP) is 1.41. The lowest BCUT2D eigenvalue weighted by Crippen LogP contribution is -2.55. The van der Waals surface area contributed by atoms with E-state index in [-0.39, 0.29) is 6.61 Å². The minimum absolute atomic E-state index is 0.0533. The molecule has 1 fully saturated rings. The second kappa shape index (κ2) is 5.24. The van der Waals surface area contributed by atoms with Crippen LogP contribution in [-0.2, 0) is 6.61 Å². The molecule has 0 amide bonds. The van der Waals surface area contributed by atoms with Crippen molar-refractivity contribution in [3.8, 4) is 0 Å². The SMILES string of the molecule is Cc1cc(N2CC(C)N(C)C(C)C2)c(CO)cn1. The third kappa shape index (κ3) is 2.49. The fourth-order valence-corrected chi connectivity index (χ4v) is 2.59. The number of hydrogen-bond donors (Lipinski definition) is 1. The summed E-state index contributed by atoms with van der Waals surface area (Å²) in [5, 5.41) is 9.45. The summed E-state index contributed by atoms with van der Waals surface area (Å²) in [6, 6.07) is 3.12. The lowest BCUT2D eigenvalue weighted by atomic mass is 10.1. The highest BCUT2D eigenvalue weighted by Gasteiger charge is 2.27. The number of nitrogens with zero attached hydrogens (tertiary/aromatic N) is 3. The summed E-state index contributed by atoms with van der Waals surface area (Å²) in [7, 11) is 2.18. The van der Waals surface area contributed by atoms with Crippen LogP contribution in [-0.4, -0.2) is 47.2 Å². The van der Waals surface area contributed by atoms with Crippen LogP contribution in [0.1, 0.15) is 25.1 Å². The van der Waals surface area contributed by atoms with Crippen molar-refractivity contribution in [2.75, 3.05) is 25.0 Å². The van der Waals surface area contributed by atoms with Crippen molar-refractivity contribution >= 4 is 5.69 Å². The van der Waals surface area contributed by atoms with Gasteiger partial charge in [0.15, 0.2) is 0 Å². The van der Waals surface area contributed by atoms with Crippen molar-refractivity contribution in [2.45, 2.75) is 39.5 Å². The number of aryl methyl sites for hydroxylation is 1. The summed E-state index contributed by atoms with van der Waals surface area (Å²) in [6.45, 7) is 8.53. The molecule has 0 spiro atoms. The van der Waals surface area contributed by atoms with Crippen LogP contribution < -0.4 is 4.90 Å². The Morgan fingerprint density at radius 2 is 1.94 bits per heavy atom. The normalized spacial score (nSPS) is 25.5. The minimum Gasteiger partial charge on any atom is -0.392 e. The molecular weight excluding hydrogens is 226 g/mol. The number of pyridine rings is 1. The number of aliphatic hydroxyl groups is 1. The van der Waals surface area contributed by atoms with Crippen LogP contribution in [0.2, 0.25) is 0 Å². The van der Waals surface area contributed by atoms with Crippen LogP contribution in [0, 0.1) is 6.92 Å². The van der Waals surface area contributed by atoms with Crippen molar-refractivity contribution < 1.29 is 5.11 Å². The lowest BCUT2D eigenvalue weighted by Gasteiger charge is -2.44. The van der Waals surface area contributed by atoms with E-state index < -0.39 is 0 Å². The number of aromatic nitrogens is 1. The Morgan fingerprint density at radius 1 is 1.33 bits per heavy atom. The van der Waals surface area contributed by atoms with Crippen LogP contribution in [0.3, 0.4) is 0 Å². The van der Waals surface area contributed by atoms with E-state index in [0.29, 0.717) is 12.1 Å². The zero-order valence-electron chi connectivity index (χ0n) is 11.7. The highest BCUT2D eigenvalue weighted by Crippen LogP contribution is 2.25. The van der Waals surface area contributed by atoms with Crippen LogP contribution in [0.15, 0.2) is 12.3 Å². The molecule has 0 saturated carbocycles. The standard InChI is InChI=1S/C14H23N3O/c1-10-5-14(13(9-18)6-15-10)17-7-11(2)16(4)12(3)8-17/h5-6,11-12,18H,7-9H2,1-4H3. The van der Waals surface area contributed by atoms with Crippen molar-refractivity contribution in [2.24, 2.45) is 0 Å². The Balaban J connectivity index is 2.28. The van der Waals surface area contributed by atoms with E-state index in [0.717, 1.165) is 30.0 Å². The molecule has 1 aliphatic heterocycles. The maximum Gasteiger partial charge on any atom is 0.0717 e. The van der Waals surface area contributed by atoms with Gasteiger partial charge in [-0.15, -0.1) is 0 Å². The van der Waals surface area contributed by atoms with Crippen molar-refractivity contribution in [3.63, 3.8) is 0 Å². The molecule has 2 heterocycles. The van der Waals surface area contributed by atoms with Crippen LogP contribution in [0.25, 0.3) is 0 Å². The Kier molecular flexibility index (Phi) is 3.88. The Hall–Kier alpha value is -1.13. The summed E-state index contributed by atoms with van der Waals surface area (Å²) < 4.78 is 0. The maximum absolute atomic E-state index is 9.45. The predicted molar refractivity (Wildman–Crippen MR) is 73.8 cm³/mol. The van der Waals surface area contributed by atoms with E-state index in [9.17, 15) is 5.11 Å². The van der Waals surface area contributed by atoms with Gasteiger partial charge in [0, 0.05) is 48.3 Å². The van der Waals surface area contributed by atoms with Gasteiger partial charge in [-0.2, -0.15) is 0 Å². The molecule has 18 heavy (non-hydrogen) atoms. The number of hydrogen-bond acceptors (Lipinski definition) is 4. The summed E-state index contributed by atoms with van der Waals surface area (Å²) in [6.07, 6.45) is 1.79. The molecular formula is C14H23N3O. The first-order valence-electron chi connectivity index (χ1n) is 6.56. The topological polar surface area (TPSA) is 39.6 Å². The van der Waals surface area contributed by atoms with Gasteiger partial charge in [-0.05, 0) is 33.9 Å². The fourth-order valence-electron chi connectivity index (χ4n) is 2.59. The Morgan fingerprint density at radius 3 is 2.50 bits per heavy atom. The van der Waals surface area contributed by atoms with E-state index >= 15 is 0 Å². The van der Waals surface area contributed by atoms with Crippen LogP contribution in [0.4, 0.5) is 5.69 Å². The number of aliphatic hydroxyl groups excluding tert-OH is 1. The second-order valence-corrected chi connectivity index (χ2v) is 5.38. The zero-order chi connectivity index (χ0) is 13.3. The van der Waals surface area contributed by atoms with Gasteiger partial charge in [0.1, 0.15) is 0 Å². The fraction of sp³-hybridized carbons (Fsp3) is 0.643. The molecule has 0 aliphatic carbocycles. The molecule has 0 bridgehead atoms. The Bertz CT molecular complexity index is 410. The molecule has 1 aliphatic rings. The first-order chi connectivity index (χ1) is 8.52. The molecule has 1 N–H and O–H groups in total. The quantitative estimate of drug-likeness (QED) is 0.860. The summed E-state index contributed by atoms with van der Waals surface area (Å²) in [5.41, 5.74) is 3.06. The number of rotatable bonds is 2. The average molecular weight is 249 g/mol. The lowest BCUT2D eigenvalue weighted by molar-refractivity contribution is 0.169. The molecule has 0 aromatic carbocycles. The van der Waals surface area contributed by atoms with E-state index in [1.165, 1.54) is 0 Å². The highest BCUT2D eigenvalue weighted by molar-refractivity contribution is 5.54. The number of likely N-dealkylation sites (N-methyl/N-ethyl adjacent to an activating group) is 1. The van der Waals surface area contributed by atoms with E-state index in [1.807, 2.05) is 6.92 Å². The monoisotopic (exact) mass is 249 g/mol. The maximum atomic E-state index is 9.45. The van der Waals surface area contributed by atoms with E-state index in [1.54, 1.807) is 6.20 Å². The molecule has 1 saturated heterocycles. The highest BCUT2D eigenvalue weighted by atomic mass is 16.3. The molecule has 4 nitrogen and oxygen atoms in total. The largest absolute Gasteiger partial charge is 0.392 e. The van der Waals surface area contributed by atoms with Gasteiger partial charge in [-0.25, -0.2) is 0 Å². The van der Waals surface area contributed by atoms with Crippen LogP contribution in [0.5, 0.6) is 0 Å². The smallest absolute Gasteiger partial charge is 0.0717 e. The van der Waals surface area contributed by atoms with Crippen molar-refractivity contribution in [1.82, 2.24) is 9.88 Å². The minimum atomic E-state index is 0.0533. The first-order valence-corrected chi connectivity index (χ1v) is 6.56. The van der Waals surface area contributed by atoms with Crippen LogP contribution >= 0.6 is 0 Å². The molecule has 1 aromatic heterocycles. The second-order valence-electron chi connectivity index (χ2n) is 5.38. The zero-order valence-corrected chi connectivity index (χ0v) is 11.7. The van der Waals surface area contributed by atoms with Gasteiger partial charge in [0.25, 0.3) is 0 Å². The average Bonchev–Trinajstić information content (AvgIpc) is 2.35. The third-order valence-electron chi connectivity index (χ3n) is 3.97. The molecule has 100 valence electrons. The summed E-state index contributed by atoms with van der Waals surface area (Å²) in [5.74, 6) is 0. The van der Waals surface area contributed by atoms with Gasteiger partial charge in [-0.3, -0.25) is 9.88 Å². The van der Waals surface area contributed by atoms with Gasteiger partial charge in [0.2, 0.25) is 0 Å². The molecule has 4 heteroatoms. The van der Waals surface area contributed by atoms with Gasteiger partial charge < -0.3 is 10.0 Å². The van der Waals surface area contributed by atoms with Crippen molar-refractivity contribution in [1.29, 1.82) is 0 Å².